The molecular weight excluding hydrogens is 182 g/mol. The van der Waals surface area contributed by atoms with E-state index in [1.165, 1.54) is 25.7 Å². The molecule has 0 bridgehead atoms. The van der Waals surface area contributed by atoms with E-state index in [0.717, 1.165) is 11.8 Å². The Hall–Kier alpha value is -0.0400. The summed E-state index contributed by atoms with van der Waals surface area (Å²) in [5.74, 6) is 1.67. The highest BCUT2D eigenvalue weighted by Gasteiger charge is 2.08. The second-order valence-corrected chi connectivity index (χ2v) is 5.91. The van der Waals surface area contributed by atoms with Crippen LogP contribution in [0.4, 0.5) is 0 Å². The monoisotopic (exact) mass is 213 g/mol. The molecule has 2 atom stereocenters. The summed E-state index contributed by atoms with van der Waals surface area (Å²) < 4.78 is 0. The molecule has 2 unspecified atom stereocenters. The van der Waals surface area contributed by atoms with Crippen molar-refractivity contribution < 1.29 is 0 Å². The van der Waals surface area contributed by atoms with Crippen molar-refractivity contribution >= 4 is 0 Å². The van der Waals surface area contributed by atoms with Crippen LogP contribution in [0.3, 0.4) is 0 Å². The number of hydrogen-bond acceptors (Lipinski definition) is 1. The standard InChI is InChI=1S/C14H31N/c1-11(2)7-9-13(5)15-14(6)10-8-12(3)4/h11-15H,7-10H2,1-6H3. The van der Waals surface area contributed by atoms with Crippen molar-refractivity contribution in [2.24, 2.45) is 11.8 Å². The Labute approximate surface area is 97.0 Å². The smallest absolute Gasteiger partial charge is 0.00413 e. The molecule has 0 saturated heterocycles. The maximum Gasteiger partial charge on any atom is 0.00413 e. The van der Waals surface area contributed by atoms with Crippen LogP contribution in [0.2, 0.25) is 0 Å². The summed E-state index contributed by atoms with van der Waals surface area (Å²) in [5.41, 5.74) is 0. The Morgan fingerprint density at radius 2 is 0.933 bits per heavy atom. The van der Waals surface area contributed by atoms with Gasteiger partial charge < -0.3 is 5.32 Å². The first kappa shape index (κ1) is 15.0. The van der Waals surface area contributed by atoms with Gasteiger partial charge in [0.05, 0.1) is 0 Å². The third-order valence-electron chi connectivity index (χ3n) is 2.92. The molecule has 0 heterocycles. The summed E-state index contributed by atoms with van der Waals surface area (Å²) in [7, 11) is 0. The summed E-state index contributed by atoms with van der Waals surface area (Å²) >= 11 is 0. The van der Waals surface area contributed by atoms with Crippen molar-refractivity contribution in [1.29, 1.82) is 0 Å². The summed E-state index contributed by atoms with van der Waals surface area (Å²) in [5, 5.41) is 3.69. The Morgan fingerprint density at radius 1 is 0.600 bits per heavy atom. The van der Waals surface area contributed by atoms with E-state index in [1.54, 1.807) is 0 Å². The molecule has 0 aliphatic heterocycles. The zero-order valence-electron chi connectivity index (χ0n) is 11.6. The van der Waals surface area contributed by atoms with Gasteiger partial charge in [0.2, 0.25) is 0 Å². The van der Waals surface area contributed by atoms with Crippen molar-refractivity contribution in [2.75, 3.05) is 0 Å². The fourth-order valence-electron chi connectivity index (χ4n) is 1.82. The Kier molecular flexibility index (Phi) is 8.13. The highest BCUT2D eigenvalue weighted by Crippen LogP contribution is 2.10. The van der Waals surface area contributed by atoms with E-state index in [2.05, 4.69) is 46.9 Å². The molecule has 0 amide bonds. The number of hydrogen-bond donors (Lipinski definition) is 1. The van der Waals surface area contributed by atoms with Crippen molar-refractivity contribution in [3.63, 3.8) is 0 Å². The quantitative estimate of drug-likeness (QED) is 0.636. The van der Waals surface area contributed by atoms with E-state index >= 15 is 0 Å². The molecule has 0 aliphatic carbocycles. The third kappa shape index (κ3) is 10.2. The van der Waals surface area contributed by atoms with Crippen molar-refractivity contribution in [1.82, 2.24) is 5.32 Å². The van der Waals surface area contributed by atoms with Crippen LogP contribution in [-0.2, 0) is 0 Å². The fourth-order valence-corrected chi connectivity index (χ4v) is 1.82. The van der Waals surface area contributed by atoms with Crippen LogP contribution in [0.25, 0.3) is 0 Å². The molecule has 0 aliphatic rings. The first-order valence-corrected chi connectivity index (χ1v) is 6.67. The fraction of sp³-hybridized carbons (Fsp3) is 1.00. The summed E-state index contributed by atoms with van der Waals surface area (Å²) in [6, 6.07) is 1.35. The van der Waals surface area contributed by atoms with Crippen LogP contribution in [0, 0.1) is 11.8 Å². The normalized spacial score (nSPS) is 16.0. The van der Waals surface area contributed by atoms with Crippen LogP contribution in [0.15, 0.2) is 0 Å². The molecule has 0 saturated carbocycles. The molecule has 1 heteroatoms. The van der Waals surface area contributed by atoms with Crippen LogP contribution in [0.5, 0.6) is 0 Å². The van der Waals surface area contributed by atoms with Crippen LogP contribution in [0.1, 0.15) is 67.2 Å². The van der Waals surface area contributed by atoms with E-state index in [0.29, 0.717) is 12.1 Å². The molecule has 0 aromatic carbocycles. The summed E-state index contributed by atoms with van der Waals surface area (Å²) in [6.07, 6.45) is 5.30. The van der Waals surface area contributed by atoms with Crippen molar-refractivity contribution in [3.8, 4) is 0 Å². The minimum atomic E-state index is 0.676. The number of nitrogens with one attached hydrogen (secondary N) is 1. The third-order valence-corrected chi connectivity index (χ3v) is 2.92. The molecule has 0 spiro atoms. The van der Waals surface area contributed by atoms with E-state index in [9.17, 15) is 0 Å². The van der Waals surface area contributed by atoms with Crippen molar-refractivity contribution in [3.05, 3.63) is 0 Å². The number of rotatable bonds is 8. The molecule has 0 aromatic heterocycles. The lowest BCUT2D eigenvalue weighted by Crippen LogP contribution is -2.34. The molecule has 92 valence electrons. The molecular formula is C14H31N. The maximum absolute atomic E-state index is 3.69. The molecule has 0 rings (SSSR count). The first-order chi connectivity index (χ1) is 6.91. The van der Waals surface area contributed by atoms with Crippen molar-refractivity contribution in [2.45, 2.75) is 79.3 Å². The zero-order valence-corrected chi connectivity index (χ0v) is 11.6. The molecule has 0 radical (unpaired) electrons. The lowest BCUT2D eigenvalue weighted by atomic mass is 10.0. The van der Waals surface area contributed by atoms with Gasteiger partial charge in [0.15, 0.2) is 0 Å². The van der Waals surface area contributed by atoms with Crippen LogP contribution in [-0.4, -0.2) is 12.1 Å². The van der Waals surface area contributed by atoms with Gasteiger partial charge in [0, 0.05) is 12.1 Å². The predicted octanol–water partition coefficient (Wildman–Crippen LogP) is 4.23. The second kappa shape index (κ2) is 8.15. The van der Waals surface area contributed by atoms with E-state index in [4.69, 9.17) is 0 Å². The molecule has 1 nitrogen and oxygen atoms in total. The van der Waals surface area contributed by atoms with Gasteiger partial charge in [0.1, 0.15) is 0 Å². The van der Waals surface area contributed by atoms with Gasteiger partial charge in [-0.2, -0.15) is 0 Å². The molecule has 15 heavy (non-hydrogen) atoms. The Balaban J connectivity index is 3.52. The van der Waals surface area contributed by atoms with Gasteiger partial charge in [-0.3, -0.25) is 0 Å². The van der Waals surface area contributed by atoms with Gasteiger partial charge in [-0.25, -0.2) is 0 Å². The van der Waals surface area contributed by atoms with Gasteiger partial charge in [-0.05, 0) is 51.4 Å². The SMILES string of the molecule is CC(C)CCC(C)NC(C)CCC(C)C. The van der Waals surface area contributed by atoms with E-state index in [1.807, 2.05) is 0 Å². The average molecular weight is 213 g/mol. The zero-order chi connectivity index (χ0) is 11.8. The van der Waals surface area contributed by atoms with Crippen LogP contribution >= 0.6 is 0 Å². The minimum absolute atomic E-state index is 0.676. The summed E-state index contributed by atoms with van der Waals surface area (Å²) in [4.78, 5) is 0. The van der Waals surface area contributed by atoms with Gasteiger partial charge in [0.25, 0.3) is 0 Å². The first-order valence-electron chi connectivity index (χ1n) is 6.67. The molecule has 0 fully saturated rings. The van der Waals surface area contributed by atoms with E-state index < -0.39 is 0 Å². The van der Waals surface area contributed by atoms with Gasteiger partial charge in [-0.1, -0.05) is 27.7 Å². The van der Waals surface area contributed by atoms with Gasteiger partial charge in [-0.15, -0.1) is 0 Å². The predicted molar refractivity (Wildman–Crippen MR) is 70.2 cm³/mol. The molecule has 1 N–H and O–H groups in total. The summed E-state index contributed by atoms with van der Waals surface area (Å²) in [6.45, 7) is 13.8. The topological polar surface area (TPSA) is 12.0 Å². The molecule has 0 aromatic rings. The maximum atomic E-state index is 3.69. The van der Waals surface area contributed by atoms with E-state index in [-0.39, 0.29) is 0 Å². The van der Waals surface area contributed by atoms with Gasteiger partial charge >= 0.3 is 0 Å². The Bertz CT molecular complexity index is 124. The lowest BCUT2D eigenvalue weighted by Gasteiger charge is -2.21. The lowest BCUT2D eigenvalue weighted by molar-refractivity contribution is 0.381. The second-order valence-electron chi connectivity index (χ2n) is 5.91. The van der Waals surface area contributed by atoms with Crippen LogP contribution < -0.4 is 5.32 Å². The highest BCUT2D eigenvalue weighted by atomic mass is 14.9. The average Bonchev–Trinajstić information content (AvgIpc) is 2.11. The Morgan fingerprint density at radius 3 is 1.20 bits per heavy atom. The minimum Gasteiger partial charge on any atom is -0.312 e. The highest BCUT2D eigenvalue weighted by molar-refractivity contribution is 4.68. The largest absolute Gasteiger partial charge is 0.312 e.